The molecule has 0 amide bonds. The molecule has 0 aromatic heterocycles. The number of methoxy groups -OCH3 is 3. The third-order valence-electron chi connectivity index (χ3n) is 5.39. The van der Waals surface area contributed by atoms with Gasteiger partial charge in [0, 0.05) is 42.0 Å². The predicted octanol–water partition coefficient (Wildman–Crippen LogP) is 3.07. The number of hydrogen-bond donors (Lipinski definition) is 0. The first-order valence-corrected chi connectivity index (χ1v) is 9.70. The van der Waals surface area contributed by atoms with Gasteiger partial charge in [0.15, 0.2) is 5.78 Å². The highest BCUT2D eigenvalue weighted by molar-refractivity contribution is 6.09. The Morgan fingerprint density at radius 3 is 2.62 bits per heavy atom. The summed E-state index contributed by atoms with van der Waals surface area (Å²) >= 11 is 0. The summed E-state index contributed by atoms with van der Waals surface area (Å²) in [6.07, 6.45) is 1.92. The van der Waals surface area contributed by atoms with Crippen LogP contribution < -0.4 is 9.47 Å². The minimum atomic E-state index is -0.714. The first-order valence-electron chi connectivity index (χ1n) is 9.70. The molecule has 3 rings (SSSR count). The number of aliphatic imine (C=N–C) groups is 1. The van der Waals surface area contributed by atoms with Crippen molar-refractivity contribution in [1.82, 2.24) is 0 Å². The lowest BCUT2D eigenvalue weighted by molar-refractivity contribution is -0.147. The van der Waals surface area contributed by atoms with Crippen LogP contribution in [0.2, 0.25) is 0 Å². The van der Waals surface area contributed by atoms with Crippen LogP contribution in [-0.4, -0.2) is 52.0 Å². The van der Waals surface area contributed by atoms with Crippen LogP contribution in [0.3, 0.4) is 0 Å². The van der Waals surface area contributed by atoms with Crippen LogP contribution in [0.15, 0.2) is 34.5 Å². The van der Waals surface area contributed by atoms with Gasteiger partial charge in [0.2, 0.25) is 0 Å². The molecule has 1 aromatic carbocycles. The van der Waals surface area contributed by atoms with E-state index in [1.54, 1.807) is 33.5 Å². The van der Waals surface area contributed by atoms with Gasteiger partial charge in [-0.25, -0.2) is 0 Å². The largest absolute Gasteiger partial charge is 0.497 e. The van der Waals surface area contributed by atoms with Gasteiger partial charge in [0.05, 0.1) is 20.8 Å². The van der Waals surface area contributed by atoms with Crippen LogP contribution in [-0.2, 0) is 19.1 Å². The summed E-state index contributed by atoms with van der Waals surface area (Å²) in [5, 5.41) is 0. The van der Waals surface area contributed by atoms with E-state index < -0.39 is 17.8 Å². The number of nitrogens with zero attached hydrogens (tertiary/aromatic N) is 1. The molecule has 0 saturated carbocycles. The Morgan fingerprint density at radius 1 is 1.14 bits per heavy atom. The van der Waals surface area contributed by atoms with E-state index in [-0.39, 0.29) is 12.4 Å². The fourth-order valence-corrected chi connectivity index (χ4v) is 4.05. The molecule has 1 aromatic rings. The van der Waals surface area contributed by atoms with Crippen LogP contribution in [0.4, 0.5) is 0 Å². The molecule has 0 spiro atoms. The van der Waals surface area contributed by atoms with Crippen LogP contribution in [0.25, 0.3) is 0 Å². The van der Waals surface area contributed by atoms with E-state index >= 15 is 0 Å². The SMILES string of the molecule is COCCOC(=O)C1C(C)=NC2=C(C(=O)CCC2)[C@@H]1c1cc(OC)ccc1OC. The van der Waals surface area contributed by atoms with Gasteiger partial charge in [0.1, 0.15) is 24.0 Å². The zero-order chi connectivity index (χ0) is 21.0. The molecule has 0 fully saturated rings. The van der Waals surface area contributed by atoms with E-state index in [9.17, 15) is 9.59 Å². The number of allylic oxidation sites excluding steroid dienone is 2. The van der Waals surface area contributed by atoms with Gasteiger partial charge in [-0.3, -0.25) is 14.6 Å². The van der Waals surface area contributed by atoms with E-state index in [4.69, 9.17) is 18.9 Å². The van der Waals surface area contributed by atoms with Crippen molar-refractivity contribution in [3.05, 3.63) is 35.0 Å². The van der Waals surface area contributed by atoms with Crippen molar-refractivity contribution < 1.29 is 28.5 Å². The quantitative estimate of drug-likeness (QED) is 0.516. The maximum Gasteiger partial charge on any atom is 0.315 e. The Labute approximate surface area is 170 Å². The van der Waals surface area contributed by atoms with Gasteiger partial charge in [-0.1, -0.05) is 0 Å². The second-order valence-electron chi connectivity index (χ2n) is 7.11. The number of carbonyl (C=O) groups is 2. The number of Topliss-reactive ketones (excluding diaryl/α,β-unsaturated/α-hetero) is 1. The summed E-state index contributed by atoms with van der Waals surface area (Å²) in [6, 6.07) is 5.40. The van der Waals surface area contributed by atoms with E-state index in [0.29, 0.717) is 42.2 Å². The zero-order valence-corrected chi connectivity index (χ0v) is 17.3. The van der Waals surface area contributed by atoms with Crippen molar-refractivity contribution in [2.75, 3.05) is 34.5 Å². The highest BCUT2D eigenvalue weighted by Crippen LogP contribution is 2.46. The molecule has 7 heteroatoms. The summed E-state index contributed by atoms with van der Waals surface area (Å²) in [4.78, 5) is 30.6. The zero-order valence-electron chi connectivity index (χ0n) is 17.3. The lowest BCUT2D eigenvalue weighted by Gasteiger charge is -2.35. The molecule has 2 atom stereocenters. The number of carbonyl (C=O) groups excluding carboxylic acids is 2. The molecular weight excluding hydrogens is 374 g/mol. The molecule has 0 N–H and O–H groups in total. The summed E-state index contributed by atoms with van der Waals surface area (Å²) in [6.45, 7) is 2.25. The lowest BCUT2D eigenvalue weighted by atomic mass is 9.71. The minimum absolute atomic E-state index is 0.0204. The molecule has 7 nitrogen and oxygen atoms in total. The average molecular weight is 401 g/mol. The third-order valence-corrected chi connectivity index (χ3v) is 5.39. The Kier molecular flexibility index (Phi) is 6.69. The Balaban J connectivity index is 2.13. The predicted molar refractivity (Wildman–Crippen MR) is 108 cm³/mol. The Hall–Kier alpha value is -2.67. The maximum atomic E-state index is 13.0. The number of esters is 1. The van der Waals surface area contributed by atoms with Crippen LogP contribution >= 0.6 is 0 Å². The van der Waals surface area contributed by atoms with Crippen LogP contribution in [0.5, 0.6) is 11.5 Å². The highest BCUT2D eigenvalue weighted by atomic mass is 16.6. The smallest absolute Gasteiger partial charge is 0.315 e. The average Bonchev–Trinajstić information content (AvgIpc) is 2.72. The van der Waals surface area contributed by atoms with Crippen molar-refractivity contribution in [2.24, 2.45) is 10.9 Å². The van der Waals surface area contributed by atoms with E-state index in [0.717, 1.165) is 17.7 Å². The second kappa shape index (κ2) is 9.22. The number of hydrogen-bond acceptors (Lipinski definition) is 7. The Morgan fingerprint density at radius 2 is 1.93 bits per heavy atom. The molecule has 2 aliphatic rings. The molecular formula is C22H27NO6. The normalized spacial score (nSPS) is 21.4. The molecule has 1 aliphatic heterocycles. The summed E-state index contributed by atoms with van der Waals surface area (Å²) in [5.74, 6) is -0.442. The summed E-state index contributed by atoms with van der Waals surface area (Å²) in [5.41, 5.74) is 2.70. The van der Waals surface area contributed by atoms with Gasteiger partial charge in [-0.05, 0) is 38.0 Å². The monoisotopic (exact) mass is 401 g/mol. The van der Waals surface area contributed by atoms with Crippen LogP contribution in [0, 0.1) is 5.92 Å². The molecule has 1 heterocycles. The van der Waals surface area contributed by atoms with Gasteiger partial charge >= 0.3 is 5.97 Å². The highest BCUT2D eigenvalue weighted by Gasteiger charge is 2.44. The topological polar surface area (TPSA) is 83.4 Å². The van der Waals surface area contributed by atoms with Gasteiger partial charge in [0.25, 0.3) is 0 Å². The second-order valence-corrected chi connectivity index (χ2v) is 7.11. The minimum Gasteiger partial charge on any atom is -0.497 e. The van der Waals surface area contributed by atoms with E-state index in [2.05, 4.69) is 4.99 Å². The fraction of sp³-hybridized carbons (Fsp3) is 0.500. The first-order chi connectivity index (χ1) is 14.0. The standard InChI is InChI=1S/C22H27NO6/c1-13-19(22(25)29-11-10-26-2)20(21-16(23-13)6-5-7-17(21)24)15-12-14(27-3)8-9-18(15)28-4/h8-9,12,19-20H,5-7,10-11H2,1-4H3/t19?,20-/m1/s1. The van der Waals surface area contributed by atoms with Crippen molar-refractivity contribution in [2.45, 2.75) is 32.1 Å². The van der Waals surface area contributed by atoms with Gasteiger partial charge < -0.3 is 18.9 Å². The molecule has 156 valence electrons. The van der Waals surface area contributed by atoms with Crippen LogP contribution in [0.1, 0.15) is 37.7 Å². The summed E-state index contributed by atoms with van der Waals surface area (Å²) < 4.78 is 21.4. The summed E-state index contributed by atoms with van der Waals surface area (Å²) in [7, 11) is 4.69. The molecule has 1 unspecified atom stereocenters. The number of rotatable bonds is 7. The van der Waals surface area contributed by atoms with Crippen molar-refractivity contribution in [3.8, 4) is 11.5 Å². The molecule has 0 saturated heterocycles. The van der Waals surface area contributed by atoms with Crippen molar-refractivity contribution >= 4 is 17.5 Å². The van der Waals surface area contributed by atoms with E-state index in [1.165, 1.54) is 0 Å². The number of ether oxygens (including phenoxy) is 4. The maximum absolute atomic E-state index is 13.0. The van der Waals surface area contributed by atoms with Gasteiger partial charge in [-0.2, -0.15) is 0 Å². The van der Waals surface area contributed by atoms with Crippen molar-refractivity contribution in [3.63, 3.8) is 0 Å². The van der Waals surface area contributed by atoms with Gasteiger partial charge in [-0.15, -0.1) is 0 Å². The number of benzene rings is 1. The molecule has 29 heavy (non-hydrogen) atoms. The fourth-order valence-electron chi connectivity index (χ4n) is 4.05. The van der Waals surface area contributed by atoms with Crippen molar-refractivity contribution in [1.29, 1.82) is 0 Å². The van der Waals surface area contributed by atoms with E-state index in [1.807, 2.05) is 13.0 Å². The lowest BCUT2D eigenvalue weighted by Crippen LogP contribution is -2.37. The Bertz CT molecular complexity index is 857. The third kappa shape index (κ3) is 4.19. The first kappa shape index (κ1) is 21.0. The number of ketones is 1. The molecule has 0 bridgehead atoms. The molecule has 0 radical (unpaired) electrons. The molecule has 1 aliphatic carbocycles.